The fourth-order valence-corrected chi connectivity index (χ4v) is 9.45. The predicted molar refractivity (Wildman–Crippen MR) is 150 cm³/mol. The smallest absolute Gasteiger partial charge is 0.270 e. The summed E-state index contributed by atoms with van der Waals surface area (Å²) >= 11 is 0. The van der Waals surface area contributed by atoms with Gasteiger partial charge in [-0.25, -0.2) is 12.4 Å². The average molecular weight is 544 g/mol. The Balaban J connectivity index is 1.26. The van der Waals surface area contributed by atoms with Gasteiger partial charge >= 0.3 is 0 Å². The van der Waals surface area contributed by atoms with E-state index in [2.05, 4.69) is 9.88 Å². The van der Waals surface area contributed by atoms with E-state index in [0.717, 1.165) is 41.2 Å². The Morgan fingerprint density at radius 3 is 2.54 bits per heavy atom. The lowest BCUT2D eigenvalue weighted by Gasteiger charge is -2.59. The number of aromatic nitrogens is 2. The van der Waals surface area contributed by atoms with Crippen LogP contribution in [0.4, 0.5) is 0 Å². The Kier molecular flexibility index (Phi) is 5.49. The van der Waals surface area contributed by atoms with Gasteiger partial charge in [0.05, 0.1) is 16.6 Å². The Hall–Kier alpha value is -3.23. The van der Waals surface area contributed by atoms with Gasteiger partial charge in [0.15, 0.2) is 0 Å². The Morgan fingerprint density at radius 1 is 1.08 bits per heavy atom. The van der Waals surface area contributed by atoms with Gasteiger partial charge in [0, 0.05) is 41.7 Å². The molecule has 3 unspecified atom stereocenters. The third-order valence-electron chi connectivity index (χ3n) is 9.36. The number of nitrogens with zero attached hydrogens (tertiary/aromatic N) is 3. The number of hydrogen-bond donors (Lipinski definition) is 1. The number of para-hydroxylation sites is 1. The normalized spacial score (nSPS) is 26.9. The van der Waals surface area contributed by atoms with E-state index in [1.807, 2.05) is 44.2 Å². The molecule has 2 aromatic carbocycles. The van der Waals surface area contributed by atoms with Gasteiger partial charge in [-0.1, -0.05) is 37.3 Å². The maximum atomic E-state index is 14.1. The quantitative estimate of drug-likeness (QED) is 0.377. The van der Waals surface area contributed by atoms with Gasteiger partial charge in [-0.05, 0) is 80.2 Å². The number of pyridine rings is 1. The van der Waals surface area contributed by atoms with E-state index in [9.17, 15) is 18.3 Å². The fourth-order valence-electron chi connectivity index (χ4n) is 7.90. The summed E-state index contributed by atoms with van der Waals surface area (Å²) in [7, 11) is -3.96. The minimum Gasteiger partial charge on any atom is -0.390 e. The molecule has 1 N–H and O–H groups in total. The standard InChI is InChI=1S/C31H33N3O4S/c1-19-6-3-9-26-29(19)25(18-33(26)39(37,38)27-10-4-7-22-8-5-11-32-30(22)27)20(2)12-28(35)34-23-13-21-14-24(34)17-31(36,15-21)16-23/h3-11,18,20-21,23-24,36H,12-17H2,1-2H3. The number of benzene rings is 2. The van der Waals surface area contributed by atoms with Crippen molar-refractivity contribution in [2.24, 2.45) is 5.92 Å². The van der Waals surface area contributed by atoms with E-state index in [4.69, 9.17) is 0 Å². The zero-order chi connectivity index (χ0) is 27.1. The minimum absolute atomic E-state index is 0.107. The molecule has 7 nitrogen and oxygen atoms in total. The summed E-state index contributed by atoms with van der Waals surface area (Å²) in [5.74, 6) is 0.447. The van der Waals surface area contributed by atoms with Crippen LogP contribution < -0.4 is 0 Å². The minimum atomic E-state index is -3.96. The highest BCUT2D eigenvalue weighted by Gasteiger charge is 2.55. The summed E-state index contributed by atoms with van der Waals surface area (Å²) in [6.07, 6.45) is 7.81. The van der Waals surface area contributed by atoms with Crippen LogP contribution in [0.2, 0.25) is 0 Å². The lowest BCUT2D eigenvalue weighted by molar-refractivity contribution is -0.174. The lowest BCUT2D eigenvalue weighted by Crippen LogP contribution is -2.65. The number of fused-ring (bicyclic) bond motifs is 2. The van der Waals surface area contributed by atoms with E-state index in [-0.39, 0.29) is 28.8 Å². The number of aryl methyl sites for hydroxylation is 1. The van der Waals surface area contributed by atoms with Crippen LogP contribution in [-0.4, -0.2) is 51.0 Å². The highest BCUT2D eigenvalue weighted by molar-refractivity contribution is 7.90. The van der Waals surface area contributed by atoms with Gasteiger partial charge in [0.25, 0.3) is 10.0 Å². The first-order valence-corrected chi connectivity index (χ1v) is 15.3. The molecule has 4 aromatic rings. The van der Waals surface area contributed by atoms with Crippen molar-refractivity contribution < 1.29 is 18.3 Å². The molecule has 4 aliphatic rings. The number of amides is 1. The summed E-state index contributed by atoms with van der Waals surface area (Å²) in [4.78, 5) is 20.3. The van der Waals surface area contributed by atoms with Crippen LogP contribution >= 0.6 is 0 Å². The Labute approximate surface area is 228 Å². The molecule has 39 heavy (non-hydrogen) atoms. The zero-order valence-corrected chi connectivity index (χ0v) is 23.1. The van der Waals surface area contributed by atoms with Crippen molar-refractivity contribution in [1.82, 2.24) is 13.9 Å². The molecule has 4 heterocycles. The molecule has 2 aliphatic heterocycles. The highest BCUT2D eigenvalue weighted by atomic mass is 32.2. The van der Waals surface area contributed by atoms with Crippen molar-refractivity contribution in [2.45, 2.75) is 80.9 Å². The molecule has 2 aliphatic carbocycles. The van der Waals surface area contributed by atoms with Crippen molar-refractivity contribution in [1.29, 1.82) is 0 Å². The van der Waals surface area contributed by atoms with Gasteiger partial charge in [-0.15, -0.1) is 0 Å². The van der Waals surface area contributed by atoms with Crippen LogP contribution in [0, 0.1) is 12.8 Å². The van der Waals surface area contributed by atoms with Crippen LogP contribution in [0.25, 0.3) is 21.8 Å². The van der Waals surface area contributed by atoms with E-state index in [0.29, 0.717) is 36.2 Å². The molecule has 4 bridgehead atoms. The number of aliphatic hydroxyl groups is 1. The molecule has 0 radical (unpaired) electrons. The van der Waals surface area contributed by atoms with E-state index >= 15 is 0 Å². The number of carbonyl (C=O) groups is 1. The zero-order valence-electron chi connectivity index (χ0n) is 22.2. The molecule has 8 heteroatoms. The Bertz CT molecular complexity index is 1720. The molecule has 2 aromatic heterocycles. The van der Waals surface area contributed by atoms with E-state index < -0.39 is 15.6 Å². The average Bonchev–Trinajstić information content (AvgIpc) is 3.29. The van der Waals surface area contributed by atoms with Crippen LogP contribution in [0.1, 0.15) is 62.5 Å². The van der Waals surface area contributed by atoms with Crippen molar-refractivity contribution in [3.63, 3.8) is 0 Å². The molecule has 2 saturated carbocycles. The summed E-state index contributed by atoms with van der Waals surface area (Å²) in [6.45, 7) is 4.00. The van der Waals surface area contributed by atoms with Crippen LogP contribution in [-0.2, 0) is 14.8 Å². The molecule has 202 valence electrons. The van der Waals surface area contributed by atoms with Crippen LogP contribution in [0.3, 0.4) is 0 Å². The third-order valence-corrected chi connectivity index (χ3v) is 11.1. The van der Waals surface area contributed by atoms with E-state index in [1.165, 1.54) is 3.97 Å². The van der Waals surface area contributed by atoms with Crippen molar-refractivity contribution in [3.8, 4) is 0 Å². The largest absolute Gasteiger partial charge is 0.390 e. The summed E-state index contributed by atoms with van der Waals surface area (Å²) in [6, 6.07) is 14.8. The first kappa shape index (κ1) is 24.8. The lowest BCUT2D eigenvalue weighted by atomic mass is 9.61. The summed E-state index contributed by atoms with van der Waals surface area (Å²) in [5.41, 5.74) is 2.28. The topological polar surface area (TPSA) is 92.5 Å². The molecular weight excluding hydrogens is 510 g/mol. The number of carbonyl (C=O) groups excluding carboxylic acids is 1. The molecule has 2 saturated heterocycles. The van der Waals surface area contributed by atoms with Crippen LogP contribution in [0.15, 0.2) is 65.8 Å². The molecule has 0 spiro atoms. The fraction of sp³-hybridized carbons (Fsp3) is 0.419. The number of hydrogen-bond acceptors (Lipinski definition) is 5. The number of rotatable bonds is 5. The molecule has 1 amide bonds. The second kappa shape index (κ2) is 8.63. The summed E-state index contributed by atoms with van der Waals surface area (Å²) in [5, 5.41) is 12.6. The van der Waals surface area contributed by atoms with Crippen molar-refractivity contribution in [2.75, 3.05) is 0 Å². The molecular formula is C31H33N3O4S. The monoisotopic (exact) mass is 543 g/mol. The van der Waals surface area contributed by atoms with Gasteiger partial charge in [-0.3, -0.25) is 9.78 Å². The molecule has 4 fully saturated rings. The van der Waals surface area contributed by atoms with Gasteiger partial charge in [0.1, 0.15) is 4.90 Å². The van der Waals surface area contributed by atoms with Gasteiger partial charge in [-0.2, -0.15) is 0 Å². The maximum absolute atomic E-state index is 14.1. The van der Waals surface area contributed by atoms with Gasteiger partial charge in [0.2, 0.25) is 5.91 Å². The molecule has 8 rings (SSSR count). The van der Waals surface area contributed by atoms with E-state index in [1.54, 1.807) is 30.6 Å². The predicted octanol–water partition coefficient (Wildman–Crippen LogP) is 5.13. The first-order valence-electron chi connectivity index (χ1n) is 13.9. The first-order chi connectivity index (χ1) is 18.6. The maximum Gasteiger partial charge on any atom is 0.270 e. The highest BCUT2D eigenvalue weighted by Crippen LogP contribution is 2.51. The Morgan fingerprint density at radius 2 is 1.79 bits per heavy atom. The van der Waals surface area contributed by atoms with Gasteiger partial charge < -0.3 is 10.0 Å². The SMILES string of the molecule is Cc1cccc2c1c(C(C)CC(=O)N1C3CC4CC1CC(O)(C4)C3)cn2S(=O)(=O)c1cccc2cccnc12. The van der Waals surface area contributed by atoms with Crippen molar-refractivity contribution in [3.05, 3.63) is 72.1 Å². The van der Waals surface area contributed by atoms with Crippen molar-refractivity contribution >= 4 is 37.7 Å². The van der Waals surface area contributed by atoms with Crippen LogP contribution in [0.5, 0.6) is 0 Å². The third kappa shape index (κ3) is 3.83. The second-order valence-electron chi connectivity index (χ2n) is 12.1. The number of piperidine rings is 2. The summed E-state index contributed by atoms with van der Waals surface area (Å²) < 4.78 is 29.6. The second-order valence-corrected chi connectivity index (χ2v) is 13.9. The molecule has 3 atom stereocenters.